The lowest BCUT2D eigenvalue weighted by atomic mass is 10.2. The predicted octanol–water partition coefficient (Wildman–Crippen LogP) is 1.50. The van der Waals surface area contributed by atoms with Crippen LogP contribution in [0.1, 0.15) is 33.6 Å². The van der Waals surface area contributed by atoms with E-state index in [0.29, 0.717) is 6.54 Å². The van der Waals surface area contributed by atoms with Crippen LogP contribution in [0.25, 0.3) is 0 Å². The third kappa shape index (κ3) is 7.56. The molecule has 0 unspecified atom stereocenters. The fourth-order valence-electron chi connectivity index (χ4n) is 2.31. The summed E-state index contributed by atoms with van der Waals surface area (Å²) in [6.45, 7) is 7.12. The normalized spacial score (nSPS) is 23.7. The Hall–Kier alpha value is -1.48. The Bertz CT molecular complexity index is 456. The highest BCUT2D eigenvalue weighted by atomic mass is 19.4. The maximum atomic E-state index is 12.1. The maximum Gasteiger partial charge on any atom is 0.450 e. The van der Waals surface area contributed by atoms with E-state index >= 15 is 0 Å². The number of ether oxygens (including phenoxy) is 1. The molecule has 1 fully saturated rings. The van der Waals surface area contributed by atoms with Crippen molar-refractivity contribution in [3.05, 3.63) is 0 Å². The molecule has 1 aliphatic heterocycles. The molecular weight excluding hydrogens is 315 g/mol. The van der Waals surface area contributed by atoms with Crippen LogP contribution in [0.3, 0.4) is 0 Å². The molecule has 0 aromatic heterocycles. The second kappa shape index (κ2) is 8.39. The van der Waals surface area contributed by atoms with E-state index in [0.717, 1.165) is 13.1 Å². The van der Waals surface area contributed by atoms with E-state index in [4.69, 9.17) is 4.74 Å². The number of ketones is 1. The first-order valence-electron chi connectivity index (χ1n) is 7.37. The van der Waals surface area contributed by atoms with Crippen LogP contribution in [0, 0.1) is 0 Å². The van der Waals surface area contributed by atoms with Gasteiger partial charge < -0.3 is 4.74 Å². The topological polar surface area (TPSA) is 71.0 Å². The lowest BCUT2D eigenvalue weighted by molar-refractivity contribution is -0.169. The van der Waals surface area contributed by atoms with E-state index in [1.807, 2.05) is 13.8 Å². The van der Waals surface area contributed by atoms with Gasteiger partial charge >= 0.3 is 6.18 Å². The Kier molecular flexibility index (Phi) is 7.14. The molecule has 0 aromatic carbocycles. The van der Waals surface area contributed by atoms with Crippen molar-refractivity contribution in [3.8, 4) is 0 Å². The lowest BCUT2D eigenvalue weighted by Crippen LogP contribution is -2.46. The Labute approximate surface area is 133 Å². The summed E-state index contributed by atoms with van der Waals surface area (Å²) < 4.78 is 41.9. The highest BCUT2D eigenvalue weighted by molar-refractivity contribution is 6.03. The maximum absolute atomic E-state index is 12.1. The van der Waals surface area contributed by atoms with Crippen molar-refractivity contribution in [1.29, 1.82) is 0 Å². The number of carbonyl (C=O) groups excluding carboxylic acids is 2. The molecule has 1 saturated heterocycles. The number of Topliss-reactive ketones (excluding diaryl/α,β-unsaturated/α-hetero) is 1. The van der Waals surface area contributed by atoms with Gasteiger partial charge in [0, 0.05) is 31.8 Å². The number of hydrogen-bond donors (Lipinski definition) is 1. The molecule has 2 atom stereocenters. The fraction of sp³-hybridized carbons (Fsp3) is 0.786. The molecule has 0 bridgehead atoms. The van der Waals surface area contributed by atoms with E-state index in [1.165, 1.54) is 6.92 Å². The first-order chi connectivity index (χ1) is 10.6. The summed E-state index contributed by atoms with van der Waals surface area (Å²) in [5.41, 5.74) is 2.08. The Morgan fingerprint density at radius 1 is 1.26 bits per heavy atom. The van der Waals surface area contributed by atoms with Crippen LogP contribution in [-0.4, -0.2) is 60.3 Å². The minimum absolute atomic E-state index is 0.0886. The molecule has 1 aliphatic rings. The van der Waals surface area contributed by atoms with E-state index in [2.05, 4.69) is 15.4 Å². The van der Waals surface area contributed by atoms with Gasteiger partial charge in [-0.1, -0.05) is 0 Å². The Morgan fingerprint density at radius 2 is 1.83 bits per heavy atom. The van der Waals surface area contributed by atoms with Gasteiger partial charge in [-0.25, -0.2) is 5.43 Å². The molecule has 1 N–H and O–H groups in total. The molecule has 132 valence electrons. The second-order valence-electron chi connectivity index (χ2n) is 5.75. The third-order valence-electron chi connectivity index (χ3n) is 3.25. The van der Waals surface area contributed by atoms with Crippen molar-refractivity contribution in [3.63, 3.8) is 0 Å². The minimum atomic E-state index is -4.88. The van der Waals surface area contributed by atoms with Gasteiger partial charge in [0.2, 0.25) is 11.7 Å². The van der Waals surface area contributed by atoms with E-state index in [9.17, 15) is 22.8 Å². The van der Waals surface area contributed by atoms with Gasteiger partial charge in [0.25, 0.3) is 0 Å². The Balaban J connectivity index is 2.33. The first kappa shape index (κ1) is 19.6. The number of nitrogens with zero attached hydrogens (tertiary/aromatic N) is 2. The summed E-state index contributed by atoms with van der Waals surface area (Å²) in [6.07, 6.45) is -5.39. The molecule has 23 heavy (non-hydrogen) atoms. The summed E-state index contributed by atoms with van der Waals surface area (Å²) >= 11 is 0. The molecular formula is C14H22F3N3O3. The van der Waals surface area contributed by atoms with Crippen LogP contribution in [0.15, 0.2) is 5.10 Å². The van der Waals surface area contributed by atoms with Crippen molar-refractivity contribution < 1.29 is 27.5 Å². The summed E-state index contributed by atoms with van der Waals surface area (Å²) in [5.74, 6) is -2.29. The van der Waals surface area contributed by atoms with Crippen molar-refractivity contribution in [2.24, 2.45) is 5.10 Å². The summed E-state index contributed by atoms with van der Waals surface area (Å²) in [4.78, 5) is 24.5. The van der Waals surface area contributed by atoms with Crippen LogP contribution in [0.4, 0.5) is 13.2 Å². The molecule has 1 amide bonds. The molecule has 1 heterocycles. The first-order valence-corrected chi connectivity index (χ1v) is 7.37. The zero-order valence-corrected chi connectivity index (χ0v) is 13.4. The SMILES string of the molecule is C/C(CC(=O)C(F)(F)F)=N/NC(=O)CCN1C[C@H](C)O[C@@H](C)C1. The third-order valence-corrected chi connectivity index (χ3v) is 3.25. The van der Waals surface area contributed by atoms with Crippen LogP contribution < -0.4 is 5.43 Å². The van der Waals surface area contributed by atoms with Gasteiger partial charge in [-0.3, -0.25) is 14.5 Å². The number of hydrogen-bond acceptors (Lipinski definition) is 5. The zero-order valence-electron chi connectivity index (χ0n) is 13.4. The molecule has 1 rings (SSSR count). The molecule has 6 nitrogen and oxygen atoms in total. The standard InChI is InChI=1S/C14H22F3N3O3/c1-9(6-12(21)14(15,16)17)18-19-13(22)4-5-20-7-10(2)23-11(3)8-20/h10-11H,4-8H2,1-3H3,(H,19,22)/b18-9-/t10-,11-/m0/s1. The predicted molar refractivity (Wildman–Crippen MR) is 78.0 cm³/mol. The smallest absolute Gasteiger partial charge is 0.373 e. The largest absolute Gasteiger partial charge is 0.450 e. The van der Waals surface area contributed by atoms with Gasteiger partial charge in [-0.2, -0.15) is 18.3 Å². The molecule has 0 saturated carbocycles. The monoisotopic (exact) mass is 337 g/mol. The lowest BCUT2D eigenvalue weighted by Gasteiger charge is -2.35. The average molecular weight is 337 g/mol. The number of carbonyl (C=O) groups is 2. The molecule has 0 radical (unpaired) electrons. The van der Waals surface area contributed by atoms with E-state index in [-0.39, 0.29) is 24.3 Å². The average Bonchev–Trinajstić information content (AvgIpc) is 2.40. The van der Waals surface area contributed by atoms with Gasteiger partial charge in [0.1, 0.15) is 0 Å². The number of nitrogens with one attached hydrogen (secondary N) is 1. The number of alkyl halides is 3. The van der Waals surface area contributed by atoms with E-state index < -0.39 is 24.3 Å². The number of halogens is 3. The zero-order chi connectivity index (χ0) is 17.6. The number of morpholine rings is 1. The van der Waals surface area contributed by atoms with Gasteiger partial charge in [-0.05, 0) is 20.8 Å². The van der Waals surface area contributed by atoms with Crippen LogP contribution in [0.2, 0.25) is 0 Å². The molecule has 0 aromatic rings. The van der Waals surface area contributed by atoms with Gasteiger partial charge in [0.05, 0.1) is 18.6 Å². The highest BCUT2D eigenvalue weighted by Crippen LogP contribution is 2.17. The van der Waals surface area contributed by atoms with Crippen molar-refractivity contribution in [2.75, 3.05) is 19.6 Å². The van der Waals surface area contributed by atoms with Gasteiger partial charge in [-0.15, -0.1) is 0 Å². The van der Waals surface area contributed by atoms with Crippen molar-refractivity contribution in [2.45, 2.75) is 52.0 Å². The summed E-state index contributed by atoms with van der Waals surface area (Å²) in [6, 6.07) is 0. The van der Waals surface area contributed by atoms with Gasteiger partial charge in [0.15, 0.2) is 0 Å². The quantitative estimate of drug-likeness (QED) is 0.589. The number of amides is 1. The second-order valence-corrected chi connectivity index (χ2v) is 5.75. The number of hydrazone groups is 1. The van der Waals surface area contributed by atoms with Crippen LogP contribution in [0.5, 0.6) is 0 Å². The minimum Gasteiger partial charge on any atom is -0.373 e. The van der Waals surface area contributed by atoms with Crippen LogP contribution >= 0.6 is 0 Å². The van der Waals surface area contributed by atoms with Crippen molar-refractivity contribution >= 4 is 17.4 Å². The number of rotatable bonds is 6. The van der Waals surface area contributed by atoms with Crippen LogP contribution in [-0.2, 0) is 14.3 Å². The van der Waals surface area contributed by atoms with E-state index in [1.54, 1.807) is 0 Å². The molecule has 0 aliphatic carbocycles. The highest BCUT2D eigenvalue weighted by Gasteiger charge is 2.38. The fourth-order valence-corrected chi connectivity index (χ4v) is 2.31. The summed E-state index contributed by atoms with van der Waals surface area (Å²) in [5, 5.41) is 3.52. The molecule has 0 spiro atoms. The Morgan fingerprint density at radius 3 is 2.35 bits per heavy atom. The van der Waals surface area contributed by atoms with Crippen molar-refractivity contribution in [1.82, 2.24) is 10.3 Å². The molecule has 9 heteroatoms. The summed E-state index contributed by atoms with van der Waals surface area (Å²) in [7, 11) is 0.